The van der Waals surface area contributed by atoms with Gasteiger partial charge in [0.05, 0.1) is 40.5 Å². The number of phosphoric acid groups is 1. The van der Waals surface area contributed by atoms with E-state index in [1.54, 1.807) is 0 Å². The third-order valence-corrected chi connectivity index (χ3v) is 11.6. The number of unbranched alkanes of at least 4 members (excludes halogenated alkanes) is 14. The molecule has 1 N–H and O–H groups in total. The molecular weight excluding hydrogens is 749 g/mol. The second-order valence-electron chi connectivity index (χ2n) is 16.9. The number of quaternary nitrogens is 1. The van der Waals surface area contributed by atoms with Crippen molar-refractivity contribution >= 4 is 13.8 Å². The predicted molar refractivity (Wildman–Crippen MR) is 223 cm³/mol. The van der Waals surface area contributed by atoms with E-state index < -0.39 is 26.0 Å². The fourth-order valence-electron chi connectivity index (χ4n) is 7.17. The van der Waals surface area contributed by atoms with Crippen LogP contribution in [0, 0.1) is 11.8 Å². The van der Waals surface area contributed by atoms with Crippen LogP contribution in [0.15, 0.2) is 36.5 Å². The van der Waals surface area contributed by atoms with Crippen molar-refractivity contribution in [3.8, 4) is 0 Å². The summed E-state index contributed by atoms with van der Waals surface area (Å²) in [6.45, 7) is 5.00. The maximum absolute atomic E-state index is 12.8. The zero-order valence-electron chi connectivity index (χ0n) is 36.2. The number of esters is 1. The van der Waals surface area contributed by atoms with E-state index in [9.17, 15) is 19.5 Å². The average molecular weight is 830 g/mol. The van der Waals surface area contributed by atoms with E-state index in [1.165, 1.54) is 77.0 Å². The van der Waals surface area contributed by atoms with Crippen LogP contribution in [0.4, 0.5) is 0 Å². The van der Waals surface area contributed by atoms with E-state index in [2.05, 4.69) is 37.0 Å². The van der Waals surface area contributed by atoms with Gasteiger partial charge in [-0.1, -0.05) is 134 Å². The second-order valence-corrected chi connectivity index (χ2v) is 18.3. The number of ether oxygens (including phenoxy) is 2. The summed E-state index contributed by atoms with van der Waals surface area (Å²) >= 11 is 0. The van der Waals surface area contributed by atoms with Crippen LogP contribution in [0.25, 0.3) is 0 Å². The van der Waals surface area contributed by atoms with Gasteiger partial charge < -0.3 is 27.9 Å². The topological polar surface area (TPSA) is 142 Å². The second kappa shape index (κ2) is 31.4. The van der Waals surface area contributed by atoms with Gasteiger partial charge in [-0.2, -0.15) is 0 Å². The molecule has 1 saturated carbocycles. The Bertz CT molecular complexity index is 1160. The third kappa shape index (κ3) is 25.7. The predicted octanol–water partition coefficient (Wildman–Crippen LogP) is 9.83. The van der Waals surface area contributed by atoms with Crippen molar-refractivity contribution in [3.63, 3.8) is 0 Å². The maximum atomic E-state index is 12.8. The number of phosphoric ester groups is 1. The molecule has 0 radical (unpaired) electrons. The van der Waals surface area contributed by atoms with Gasteiger partial charge in [0.2, 0.25) is 0 Å². The van der Waals surface area contributed by atoms with Crippen molar-refractivity contribution in [2.45, 2.75) is 173 Å². The lowest BCUT2D eigenvalue weighted by molar-refractivity contribution is -0.870. The normalized spacial score (nSPS) is 21.9. The van der Waals surface area contributed by atoms with E-state index in [0.717, 1.165) is 32.1 Å². The SMILES string of the molecule is CC/C=C\CC(/C=C/C1C2CC(OO2)C1C/C=C\CCCC(=O)OC(COCCCCCCCCCCCCCCCC)COP(=O)([O-])OCC[N+](C)(C)C)OO. The molecule has 0 spiro atoms. The largest absolute Gasteiger partial charge is 0.756 e. The highest BCUT2D eigenvalue weighted by atomic mass is 31.2. The Hall–Kier alpha value is -1.44. The highest BCUT2D eigenvalue weighted by Gasteiger charge is 2.49. The summed E-state index contributed by atoms with van der Waals surface area (Å²) in [5.74, 6) is -0.0352. The Morgan fingerprint density at radius 2 is 1.47 bits per heavy atom. The van der Waals surface area contributed by atoms with Gasteiger partial charge >= 0.3 is 5.97 Å². The van der Waals surface area contributed by atoms with Crippen molar-refractivity contribution in [3.05, 3.63) is 36.5 Å². The number of fused-ring (bicyclic) bond motifs is 2. The molecular formula is C44H80NO11P. The van der Waals surface area contributed by atoms with Crippen LogP contribution in [0.5, 0.6) is 0 Å². The molecule has 7 atom stereocenters. The Morgan fingerprint density at radius 1 is 0.825 bits per heavy atom. The molecule has 332 valence electrons. The van der Waals surface area contributed by atoms with E-state index in [4.69, 9.17) is 28.3 Å². The van der Waals surface area contributed by atoms with Crippen molar-refractivity contribution < 1.29 is 57.2 Å². The Kier molecular flexibility index (Phi) is 28.5. The van der Waals surface area contributed by atoms with Gasteiger partial charge in [0.1, 0.15) is 31.5 Å². The molecule has 1 aliphatic heterocycles. The standard InChI is InChI=1S/C44H80NO11P/c1-6-8-10-11-12-13-14-15-16-17-18-19-22-26-33-50-36-39(37-52-57(48,49)51-34-32-45(3,4)5)53-44(46)29-25-21-20-24-28-40-41(43-35-42(40)55-56-43)31-30-38(54-47)27-23-9-7-2/h9,20,23-24,30-31,38-43H,6-8,10-19,21-22,25-29,32-37H2,1-5H3,(H-,47,48,49)/b23-9-,24-20-,31-30+. The van der Waals surface area contributed by atoms with Gasteiger partial charge in [0.25, 0.3) is 7.82 Å². The van der Waals surface area contributed by atoms with Crippen LogP contribution in [0.3, 0.4) is 0 Å². The van der Waals surface area contributed by atoms with Crippen LogP contribution in [-0.2, 0) is 42.5 Å². The summed E-state index contributed by atoms with van der Waals surface area (Å²) < 4.78 is 34.7. The first-order valence-electron chi connectivity index (χ1n) is 22.3. The summed E-state index contributed by atoms with van der Waals surface area (Å²) in [5.41, 5.74) is 0. The van der Waals surface area contributed by atoms with Gasteiger partial charge in [0, 0.05) is 31.3 Å². The molecule has 0 aromatic carbocycles. The number of nitrogens with zero attached hydrogens (tertiary/aromatic N) is 1. The molecule has 1 aliphatic carbocycles. The van der Waals surface area contributed by atoms with Crippen LogP contribution < -0.4 is 4.89 Å². The third-order valence-electron chi connectivity index (χ3n) is 10.6. The molecule has 7 unspecified atom stereocenters. The first kappa shape index (κ1) is 51.7. The fourth-order valence-corrected chi connectivity index (χ4v) is 7.90. The van der Waals surface area contributed by atoms with Gasteiger partial charge in [-0.05, 0) is 38.5 Å². The van der Waals surface area contributed by atoms with E-state index in [0.29, 0.717) is 36.9 Å². The van der Waals surface area contributed by atoms with Gasteiger partial charge in [-0.15, -0.1) is 0 Å². The van der Waals surface area contributed by atoms with Gasteiger partial charge in [-0.25, -0.2) is 14.7 Å². The Morgan fingerprint density at radius 3 is 2.11 bits per heavy atom. The number of hydrogen-bond acceptors (Lipinski definition) is 11. The Balaban J connectivity index is 1.72. The lowest BCUT2D eigenvalue weighted by atomic mass is 9.89. The average Bonchev–Trinajstić information content (AvgIpc) is 3.78. The van der Waals surface area contributed by atoms with Crippen LogP contribution in [0.2, 0.25) is 0 Å². The summed E-state index contributed by atoms with van der Waals surface area (Å²) in [7, 11) is 1.25. The van der Waals surface area contributed by atoms with Gasteiger partial charge in [0.15, 0.2) is 0 Å². The molecule has 12 nitrogen and oxygen atoms in total. The molecule has 2 rings (SSSR count). The first-order chi connectivity index (χ1) is 27.5. The lowest BCUT2D eigenvalue weighted by Crippen LogP contribution is -2.37. The maximum Gasteiger partial charge on any atom is 0.306 e. The fraction of sp³-hybridized carbons (Fsp3) is 0.841. The summed E-state index contributed by atoms with van der Waals surface area (Å²) in [4.78, 5) is 40.9. The molecule has 1 saturated heterocycles. The minimum atomic E-state index is -4.58. The summed E-state index contributed by atoms with van der Waals surface area (Å²) in [6.07, 6.45) is 33.3. The number of carbonyl (C=O) groups excluding carboxylic acids is 1. The zero-order chi connectivity index (χ0) is 41.6. The summed E-state index contributed by atoms with van der Waals surface area (Å²) in [5, 5.41) is 9.32. The molecule has 13 heteroatoms. The highest BCUT2D eigenvalue weighted by Crippen LogP contribution is 2.45. The zero-order valence-corrected chi connectivity index (χ0v) is 37.1. The molecule has 2 bridgehead atoms. The van der Waals surface area contributed by atoms with E-state index >= 15 is 0 Å². The van der Waals surface area contributed by atoms with Crippen LogP contribution in [0.1, 0.15) is 149 Å². The number of rotatable bonds is 37. The first-order valence-corrected chi connectivity index (χ1v) is 23.7. The number of carbonyl (C=O) groups is 1. The van der Waals surface area contributed by atoms with Crippen molar-refractivity contribution in [1.29, 1.82) is 0 Å². The van der Waals surface area contributed by atoms with Gasteiger partial charge in [-0.3, -0.25) is 14.6 Å². The smallest absolute Gasteiger partial charge is 0.306 e. The monoisotopic (exact) mass is 830 g/mol. The minimum Gasteiger partial charge on any atom is -0.756 e. The Labute approximate surface area is 345 Å². The molecule has 0 aromatic rings. The van der Waals surface area contributed by atoms with Crippen LogP contribution >= 0.6 is 7.82 Å². The molecule has 2 fully saturated rings. The van der Waals surface area contributed by atoms with Crippen molar-refractivity contribution in [2.24, 2.45) is 11.8 Å². The van der Waals surface area contributed by atoms with Crippen molar-refractivity contribution in [1.82, 2.24) is 0 Å². The van der Waals surface area contributed by atoms with E-state index in [-0.39, 0.29) is 50.3 Å². The highest BCUT2D eigenvalue weighted by molar-refractivity contribution is 7.45. The van der Waals surface area contributed by atoms with Crippen molar-refractivity contribution in [2.75, 3.05) is 54.1 Å². The summed E-state index contributed by atoms with van der Waals surface area (Å²) in [6, 6.07) is 0. The quantitative estimate of drug-likeness (QED) is 0.0122. The molecule has 2 aliphatic rings. The van der Waals surface area contributed by atoms with E-state index in [1.807, 2.05) is 39.4 Å². The minimum absolute atomic E-state index is 0.00585. The number of hydrogen-bond donors (Lipinski definition) is 1. The molecule has 0 amide bonds. The number of allylic oxidation sites excluding steroid dienone is 3. The van der Waals surface area contributed by atoms with Crippen LogP contribution in [-0.4, -0.2) is 94.2 Å². The molecule has 0 aromatic heterocycles. The molecule has 57 heavy (non-hydrogen) atoms. The number of likely N-dealkylation sites (N-methyl/N-ethyl adjacent to an activating group) is 1. The molecule has 1 heterocycles. The lowest BCUT2D eigenvalue weighted by Gasteiger charge is -2.28.